The Bertz CT molecular complexity index is 641. The first-order valence-corrected chi connectivity index (χ1v) is 7.59. The summed E-state index contributed by atoms with van der Waals surface area (Å²) in [6.07, 6.45) is 1.67. The lowest BCUT2D eigenvalue weighted by Gasteiger charge is -2.27. The quantitative estimate of drug-likeness (QED) is 0.822. The normalized spacial score (nSPS) is 11.1. The van der Waals surface area contributed by atoms with Gasteiger partial charge in [-0.1, -0.05) is 37.6 Å². The number of benzene rings is 1. The number of nitrogens with one attached hydrogen (secondary N) is 2. The van der Waals surface area contributed by atoms with E-state index in [1.54, 1.807) is 18.3 Å². The van der Waals surface area contributed by atoms with E-state index >= 15 is 0 Å². The van der Waals surface area contributed by atoms with Crippen molar-refractivity contribution < 1.29 is 4.39 Å². The third-order valence-electron chi connectivity index (χ3n) is 3.24. The number of hydrogen-bond acceptors (Lipinski definition) is 2. The molecule has 6 heteroatoms. The lowest BCUT2D eigenvalue weighted by Crippen LogP contribution is -2.39. The van der Waals surface area contributed by atoms with Crippen LogP contribution >= 0.6 is 23.8 Å². The second kappa shape index (κ2) is 7.03. The third-order valence-corrected chi connectivity index (χ3v) is 3.80. The summed E-state index contributed by atoms with van der Waals surface area (Å²) in [5.41, 5.74) is -0.0389. The lowest BCUT2D eigenvalue weighted by atomic mass is 9.84. The van der Waals surface area contributed by atoms with Crippen molar-refractivity contribution >= 4 is 34.7 Å². The molecule has 0 amide bonds. The van der Waals surface area contributed by atoms with Crippen LogP contribution in [-0.2, 0) is 5.41 Å². The van der Waals surface area contributed by atoms with Crippen LogP contribution in [0, 0.1) is 5.82 Å². The Hall–Kier alpha value is -1.72. The minimum absolute atomic E-state index is 0.317. The topological polar surface area (TPSA) is 37.0 Å². The van der Waals surface area contributed by atoms with E-state index < -0.39 is 5.41 Å². The molecule has 0 spiro atoms. The fourth-order valence-corrected chi connectivity index (χ4v) is 2.73. The first-order valence-electron chi connectivity index (χ1n) is 6.80. The number of halogens is 2. The van der Waals surface area contributed by atoms with Gasteiger partial charge in [0.1, 0.15) is 11.6 Å². The summed E-state index contributed by atoms with van der Waals surface area (Å²) in [4.78, 5) is 4.13. The van der Waals surface area contributed by atoms with E-state index in [1.807, 2.05) is 32.0 Å². The molecule has 0 aliphatic heterocycles. The Labute approximate surface area is 139 Å². The van der Waals surface area contributed by atoms with Gasteiger partial charge in [-0.05, 0) is 36.5 Å². The van der Waals surface area contributed by atoms with Gasteiger partial charge in [-0.15, -0.1) is 0 Å². The minimum Gasteiger partial charge on any atom is -0.362 e. The SMILES string of the molecule is CC(C)(CNC(=S)Nc1ccccn1)c1c(F)cccc1Cl. The number of aromatic nitrogens is 1. The molecule has 0 radical (unpaired) electrons. The number of anilines is 1. The molecule has 2 N–H and O–H groups in total. The summed E-state index contributed by atoms with van der Waals surface area (Å²) in [5, 5.41) is 6.90. The highest BCUT2D eigenvalue weighted by atomic mass is 35.5. The second-order valence-corrected chi connectivity index (χ2v) is 6.32. The highest BCUT2D eigenvalue weighted by Crippen LogP contribution is 2.31. The Morgan fingerprint density at radius 2 is 2.05 bits per heavy atom. The van der Waals surface area contributed by atoms with Crippen LogP contribution in [0.25, 0.3) is 0 Å². The van der Waals surface area contributed by atoms with Gasteiger partial charge in [-0.25, -0.2) is 9.37 Å². The fourth-order valence-electron chi connectivity index (χ4n) is 2.13. The Morgan fingerprint density at radius 1 is 1.27 bits per heavy atom. The summed E-state index contributed by atoms with van der Waals surface area (Å²) in [6.45, 7) is 4.26. The number of rotatable bonds is 4. The van der Waals surface area contributed by atoms with Crippen LogP contribution in [-0.4, -0.2) is 16.6 Å². The first kappa shape index (κ1) is 16.6. The molecule has 0 bridgehead atoms. The molecule has 116 valence electrons. The Morgan fingerprint density at radius 3 is 2.68 bits per heavy atom. The van der Waals surface area contributed by atoms with Crippen molar-refractivity contribution in [1.29, 1.82) is 0 Å². The standard InChI is InChI=1S/C16H17ClFN3S/c1-16(2,14-11(17)6-5-7-12(14)18)10-20-15(22)21-13-8-3-4-9-19-13/h3-9H,10H2,1-2H3,(H2,19,20,21,22). The summed E-state index contributed by atoms with van der Waals surface area (Å²) >= 11 is 11.4. The van der Waals surface area contributed by atoms with Crippen molar-refractivity contribution in [3.05, 3.63) is 59.0 Å². The van der Waals surface area contributed by atoms with Gasteiger partial charge in [0.05, 0.1) is 0 Å². The molecule has 0 fully saturated rings. The van der Waals surface area contributed by atoms with E-state index in [-0.39, 0.29) is 5.82 Å². The van der Waals surface area contributed by atoms with Crippen LogP contribution in [0.2, 0.25) is 5.02 Å². The molecule has 0 saturated carbocycles. The van der Waals surface area contributed by atoms with E-state index in [0.29, 0.717) is 28.1 Å². The van der Waals surface area contributed by atoms with E-state index in [9.17, 15) is 4.39 Å². The van der Waals surface area contributed by atoms with E-state index in [2.05, 4.69) is 15.6 Å². The maximum atomic E-state index is 14.0. The first-order chi connectivity index (χ1) is 10.4. The van der Waals surface area contributed by atoms with Crippen LogP contribution < -0.4 is 10.6 Å². The molecule has 0 unspecified atom stereocenters. The predicted octanol–water partition coefficient (Wildman–Crippen LogP) is 4.14. The van der Waals surface area contributed by atoms with Gasteiger partial charge in [0, 0.05) is 28.7 Å². The van der Waals surface area contributed by atoms with Crippen LogP contribution in [0.1, 0.15) is 19.4 Å². The average Bonchev–Trinajstić information content (AvgIpc) is 2.46. The number of thiocarbonyl (C=S) groups is 1. The van der Waals surface area contributed by atoms with Crippen molar-refractivity contribution in [2.45, 2.75) is 19.3 Å². The smallest absolute Gasteiger partial charge is 0.171 e. The maximum absolute atomic E-state index is 14.0. The zero-order valence-electron chi connectivity index (χ0n) is 12.4. The zero-order chi connectivity index (χ0) is 16.2. The lowest BCUT2D eigenvalue weighted by molar-refractivity contribution is 0.477. The van der Waals surface area contributed by atoms with Crippen LogP contribution in [0.3, 0.4) is 0 Å². The molecule has 22 heavy (non-hydrogen) atoms. The molecule has 0 atom stereocenters. The van der Waals surface area contributed by atoms with Crippen LogP contribution in [0.5, 0.6) is 0 Å². The second-order valence-electron chi connectivity index (χ2n) is 5.50. The van der Waals surface area contributed by atoms with Crippen LogP contribution in [0.15, 0.2) is 42.6 Å². The minimum atomic E-state index is -0.516. The molecule has 3 nitrogen and oxygen atoms in total. The van der Waals surface area contributed by atoms with Gasteiger partial charge < -0.3 is 10.6 Å². The molecule has 2 rings (SSSR count). The van der Waals surface area contributed by atoms with Crippen molar-refractivity contribution in [3.8, 4) is 0 Å². The molecular formula is C16H17ClFN3S. The molecule has 1 heterocycles. The summed E-state index contributed by atoms with van der Waals surface area (Å²) in [7, 11) is 0. The molecule has 1 aromatic carbocycles. The summed E-state index contributed by atoms with van der Waals surface area (Å²) in [6, 6.07) is 10.2. The van der Waals surface area contributed by atoms with Gasteiger partial charge in [-0.3, -0.25) is 0 Å². The third kappa shape index (κ3) is 4.15. The Balaban J connectivity index is 2.02. The van der Waals surface area contributed by atoms with Gasteiger partial charge in [0.25, 0.3) is 0 Å². The number of hydrogen-bond donors (Lipinski definition) is 2. The van der Waals surface area contributed by atoms with E-state index in [1.165, 1.54) is 6.07 Å². The highest BCUT2D eigenvalue weighted by molar-refractivity contribution is 7.80. The van der Waals surface area contributed by atoms with Crippen molar-refractivity contribution in [2.75, 3.05) is 11.9 Å². The van der Waals surface area contributed by atoms with Crippen molar-refractivity contribution in [1.82, 2.24) is 10.3 Å². The van der Waals surface area contributed by atoms with Gasteiger partial charge in [0.15, 0.2) is 5.11 Å². The summed E-state index contributed by atoms with van der Waals surface area (Å²) in [5.74, 6) is 0.338. The highest BCUT2D eigenvalue weighted by Gasteiger charge is 2.27. The largest absolute Gasteiger partial charge is 0.362 e. The fraction of sp³-hybridized carbons (Fsp3) is 0.250. The van der Waals surface area contributed by atoms with Crippen molar-refractivity contribution in [2.24, 2.45) is 0 Å². The Kier molecular flexibility index (Phi) is 5.32. The number of pyridine rings is 1. The monoisotopic (exact) mass is 337 g/mol. The van der Waals surface area contributed by atoms with Crippen molar-refractivity contribution in [3.63, 3.8) is 0 Å². The van der Waals surface area contributed by atoms with E-state index in [4.69, 9.17) is 23.8 Å². The van der Waals surface area contributed by atoms with Gasteiger partial charge >= 0.3 is 0 Å². The predicted molar refractivity (Wildman–Crippen MR) is 92.9 cm³/mol. The molecule has 0 aliphatic rings. The zero-order valence-corrected chi connectivity index (χ0v) is 13.9. The summed E-state index contributed by atoms with van der Waals surface area (Å²) < 4.78 is 14.0. The average molecular weight is 338 g/mol. The molecule has 2 aromatic rings. The molecular weight excluding hydrogens is 321 g/mol. The van der Waals surface area contributed by atoms with Gasteiger partial charge in [-0.2, -0.15) is 0 Å². The van der Waals surface area contributed by atoms with E-state index in [0.717, 1.165) is 0 Å². The molecule has 0 aliphatic carbocycles. The number of nitrogens with zero attached hydrogens (tertiary/aromatic N) is 1. The van der Waals surface area contributed by atoms with Gasteiger partial charge in [0.2, 0.25) is 0 Å². The maximum Gasteiger partial charge on any atom is 0.171 e. The van der Waals surface area contributed by atoms with Crippen LogP contribution in [0.4, 0.5) is 10.2 Å². The molecule has 0 saturated heterocycles. The molecule has 1 aromatic heterocycles.